The second-order valence-electron chi connectivity index (χ2n) is 9.79. The highest BCUT2D eigenvalue weighted by molar-refractivity contribution is 6.74. The van der Waals surface area contributed by atoms with Gasteiger partial charge in [0.15, 0.2) is 8.32 Å². The maximum Gasteiger partial charge on any atom is 0.408 e. The Balaban J connectivity index is 2.61. The molecule has 0 aliphatic rings. The number of alkyl carbamates (subject to hydrolysis) is 1. The van der Waals surface area contributed by atoms with Crippen molar-refractivity contribution in [2.45, 2.75) is 78.2 Å². The van der Waals surface area contributed by atoms with E-state index in [0.29, 0.717) is 13.2 Å². The fourth-order valence-electron chi connectivity index (χ4n) is 2.20. The molecule has 1 atom stereocenters. The lowest BCUT2D eigenvalue weighted by molar-refractivity contribution is 0.0518. The molecule has 0 saturated carbocycles. The van der Waals surface area contributed by atoms with Gasteiger partial charge in [0.25, 0.3) is 0 Å². The van der Waals surface area contributed by atoms with Gasteiger partial charge in [0.2, 0.25) is 0 Å². The zero-order chi connectivity index (χ0) is 22.3. The van der Waals surface area contributed by atoms with Crippen LogP contribution in [0.3, 0.4) is 0 Å². The lowest BCUT2D eigenvalue weighted by Gasteiger charge is -2.36. The largest absolute Gasteiger partial charge is 0.491 e. The predicted octanol–water partition coefficient (Wildman–Crippen LogP) is 6.01. The molecule has 0 aliphatic carbocycles. The molecule has 0 aliphatic heterocycles. The van der Waals surface area contributed by atoms with E-state index in [2.05, 4.69) is 39.2 Å². The summed E-state index contributed by atoms with van der Waals surface area (Å²) in [6, 6.07) is 7.67. The molecule has 1 aromatic rings. The number of para-hydroxylation sites is 1. The van der Waals surface area contributed by atoms with Crippen LogP contribution in [0.4, 0.5) is 4.79 Å². The monoisotopic (exact) mass is 421 g/mol. The van der Waals surface area contributed by atoms with Crippen molar-refractivity contribution < 1.29 is 18.7 Å². The second kappa shape index (κ2) is 10.3. The normalized spacial score (nSPS) is 14.0. The molecule has 0 bridgehead atoms. The number of hydrogen-bond acceptors (Lipinski definition) is 4. The zero-order valence-corrected chi connectivity index (χ0v) is 20.6. The first-order valence-corrected chi connectivity index (χ1v) is 13.2. The Labute approximate surface area is 178 Å². The number of carbonyl (C=O) groups is 1. The van der Waals surface area contributed by atoms with Crippen LogP contribution in [-0.2, 0) is 9.16 Å². The maximum atomic E-state index is 11.9. The van der Waals surface area contributed by atoms with Crippen molar-refractivity contribution in [1.29, 1.82) is 0 Å². The van der Waals surface area contributed by atoms with E-state index < -0.39 is 20.0 Å². The van der Waals surface area contributed by atoms with Gasteiger partial charge < -0.3 is 19.2 Å². The van der Waals surface area contributed by atoms with Crippen molar-refractivity contribution in [3.8, 4) is 5.75 Å². The summed E-state index contributed by atoms with van der Waals surface area (Å²) in [5.41, 5.74) is 0.443. The summed E-state index contributed by atoms with van der Waals surface area (Å²) in [6.07, 6.45) is 3.44. The first kappa shape index (κ1) is 25.2. The van der Waals surface area contributed by atoms with Crippen molar-refractivity contribution in [1.82, 2.24) is 5.32 Å². The van der Waals surface area contributed by atoms with Crippen molar-refractivity contribution >= 4 is 20.5 Å². The van der Waals surface area contributed by atoms with E-state index >= 15 is 0 Å². The molecule has 0 aromatic heterocycles. The Morgan fingerprint density at radius 3 is 2.31 bits per heavy atom. The molecule has 0 radical (unpaired) electrons. The van der Waals surface area contributed by atoms with E-state index in [-0.39, 0.29) is 11.1 Å². The van der Waals surface area contributed by atoms with Crippen LogP contribution < -0.4 is 10.1 Å². The summed E-state index contributed by atoms with van der Waals surface area (Å²) in [5.74, 6) is 0.798. The van der Waals surface area contributed by atoms with Gasteiger partial charge in [-0.1, -0.05) is 51.1 Å². The number of amides is 1. The highest BCUT2D eigenvalue weighted by Gasteiger charge is 2.36. The quantitative estimate of drug-likeness (QED) is 0.412. The molecule has 0 spiro atoms. The Hall–Kier alpha value is -1.79. The van der Waals surface area contributed by atoms with Gasteiger partial charge in [0.1, 0.15) is 18.0 Å². The van der Waals surface area contributed by atoms with Crippen LogP contribution in [0.15, 0.2) is 30.3 Å². The average molecular weight is 422 g/mol. The Morgan fingerprint density at radius 1 is 1.10 bits per heavy atom. The first-order chi connectivity index (χ1) is 13.2. The lowest BCUT2D eigenvalue weighted by atomic mass is 10.1. The van der Waals surface area contributed by atoms with Crippen LogP contribution >= 0.6 is 0 Å². The number of carbonyl (C=O) groups excluding carboxylic acids is 1. The molecule has 0 saturated heterocycles. The van der Waals surface area contributed by atoms with Crippen LogP contribution in [0.25, 0.3) is 6.08 Å². The minimum absolute atomic E-state index is 0.167. The Bertz CT molecular complexity index is 687. The predicted molar refractivity (Wildman–Crippen MR) is 123 cm³/mol. The van der Waals surface area contributed by atoms with Gasteiger partial charge in [-0.2, -0.15) is 0 Å². The summed E-state index contributed by atoms with van der Waals surface area (Å²) in [5, 5.41) is 2.99. The third kappa shape index (κ3) is 9.50. The molecule has 0 heterocycles. The summed E-state index contributed by atoms with van der Waals surface area (Å²) in [7, 11) is -1.77. The molecular formula is C23H39NO4Si. The van der Waals surface area contributed by atoms with E-state index in [1.807, 2.05) is 64.1 Å². The van der Waals surface area contributed by atoms with E-state index in [0.717, 1.165) is 11.3 Å². The molecule has 1 rings (SSSR count). The molecule has 1 aromatic carbocycles. The van der Waals surface area contributed by atoms with Crippen LogP contribution in [0.1, 0.15) is 54.0 Å². The number of benzene rings is 1. The molecule has 0 unspecified atom stereocenters. The smallest absolute Gasteiger partial charge is 0.408 e. The fourth-order valence-corrected chi connectivity index (χ4v) is 3.23. The van der Waals surface area contributed by atoms with E-state index in [9.17, 15) is 4.79 Å². The minimum Gasteiger partial charge on any atom is -0.491 e. The van der Waals surface area contributed by atoms with Crippen molar-refractivity contribution in [2.24, 2.45) is 0 Å². The van der Waals surface area contributed by atoms with E-state index in [4.69, 9.17) is 13.9 Å². The molecule has 1 amide bonds. The van der Waals surface area contributed by atoms with Gasteiger partial charge in [0.05, 0.1) is 6.61 Å². The summed E-state index contributed by atoms with van der Waals surface area (Å²) in [4.78, 5) is 11.9. The number of hydrogen-bond donors (Lipinski definition) is 1. The molecule has 5 nitrogen and oxygen atoms in total. The molecule has 29 heavy (non-hydrogen) atoms. The van der Waals surface area contributed by atoms with Crippen molar-refractivity contribution in [3.05, 3.63) is 35.9 Å². The second-order valence-corrected chi connectivity index (χ2v) is 14.6. The molecular weight excluding hydrogens is 382 g/mol. The van der Waals surface area contributed by atoms with Crippen molar-refractivity contribution in [3.63, 3.8) is 0 Å². The van der Waals surface area contributed by atoms with E-state index in [1.165, 1.54) is 0 Å². The summed E-state index contributed by atoms with van der Waals surface area (Å²) in [6.45, 7) is 19.7. The third-order valence-corrected chi connectivity index (χ3v) is 9.38. The third-order valence-electron chi connectivity index (χ3n) is 4.84. The van der Waals surface area contributed by atoms with Gasteiger partial charge >= 0.3 is 6.09 Å². The van der Waals surface area contributed by atoms with Gasteiger partial charge in [0, 0.05) is 11.6 Å². The van der Waals surface area contributed by atoms with Crippen LogP contribution in [0, 0.1) is 0 Å². The Kier molecular flexibility index (Phi) is 8.97. The van der Waals surface area contributed by atoms with Gasteiger partial charge in [-0.25, -0.2) is 4.79 Å². The number of nitrogens with one attached hydrogen (secondary N) is 1. The van der Waals surface area contributed by atoms with Gasteiger partial charge in [-0.05, 0) is 51.9 Å². The minimum atomic E-state index is -1.77. The summed E-state index contributed by atoms with van der Waals surface area (Å²) < 4.78 is 17.4. The molecule has 6 heteroatoms. The fraction of sp³-hybridized carbons (Fsp3) is 0.609. The van der Waals surface area contributed by atoms with Crippen molar-refractivity contribution in [2.75, 3.05) is 13.2 Å². The maximum absolute atomic E-state index is 11.9. The van der Waals surface area contributed by atoms with Crippen LogP contribution in [0.2, 0.25) is 18.1 Å². The SMILES string of the molecule is C[C@H](/C=C/c1ccccc1OCCO[Si](C)(C)C(C)(C)C)NC(=O)OC(C)(C)C. The van der Waals surface area contributed by atoms with Crippen LogP contribution in [0.5, 0.6) is 5.75 Å². The molecule has 164 valence electrons. The van der Waals surface area contributed by atoms with Gasteiger partial charge in [-0.3, -0.25) is 0 Å². The summed E-state index contributed by atoms with van der Waals surface area (Å²) >= 11 is 0. The number of rotatable bonds is 8. The highest BCUT2D eigenvalue weighted by Crippen LogP contribution is 2.36. The number of ether oxygens (including phenoxy) is 2. The molecule has 0 fully saturated rings. The zero-order valence-electron chi connectivity index (χ0n) is 19.6. The average Bonchev–Trinajstić information content (AvgIpc) is 2.55. The Morgan fingerprint density at radius 2 is 1.72 bits per heavy atom. The van der Waals surface area contributed by atoms with Crippen LogP contribution in [-0.4, -0.2) is 39.3 Å². The molecule has 1 N–H and O–H groups in total. The lowest BCUT2D eigenvalue weighted by Crippen LogP contribution is -2.41. The standard InChI is InChI=1S/C23H39NO4Si/c1-18(24-21(25)28-22(2,3)4)14-15-19-12-10-11-13-20(19)26-16-17-27-29(8,9)23(5,6)7/h10-15,18H,16-17H2,1-9H3,(H,24,25)/b15-14+/t18-/m1/s1. The highest BCUT2D eigenvalue weighted by atomic mass is 28.4. The topological polar surface area (TPSA) is 56.8 Å². The van der Waals surface area contributed by atoms with E-state index in [1.54, 1.807) is 0 Å². The first-order valence-electron chi connectivity index (χ1n) is 10.2. The van der Waals surface area contributed by atoms with Gasteiger partial charge in [-0.15, -0.1) is 0 Å².